The molecule has 3 aromatic rings. The minimum Gasteiger partial charge on any atom is -0.489 e. The number of anilines is 1. The van der Waals surface area contributed by atoms with E-state index in [9.17, 15) is 19.7 Å². The first-order valence-electron chi connectivity index (χ1n) is 9.65. The number of hydrogen-bond donors (Lipinski definition) is 1. The monoisotopic (exact) mass is 432 g/mol. The molecule has 0 heterocycles. The van der Waals surface area contributed by atoms with E-state index in [1.54, 1.807) is 30.3 Å². The minimum atomic E-state index is -0.740. The first kappa shape index (κ1) is 22.2. The standard InChI is InChI=1S/C24H20N2O6/c27-23(17-32-24(28)14-9-18-7-4-8-21(15-18)26(29)30)25-20-10-12-22(13-11-20)31-16-19-5-2-1-3-6-19/h1-15H,16-17H2,(H,25,27). The zero-order chi connectivity index (χ0) is 22.8. The van der Waals surface area contributed by atoms with Crippen LogP contribution in [0.1, 0.15) is 11.1 Å². The van der Waals surface area contributed by atoms with E-state index in [1.165, 1.54) is 24.3 Å². The van der Waals surface area contributed by atoms with E-state index in [-0.39, 0.29) is 5.69 Å². The first-order chi connectivity index (χ1) is 15.5. The first-order valence-corrected chi connectivity index (χ1v) is 9.65. The van der Waals surface area contributed by atoms with E-state index >= 15 is 0 Å². The molecule has 0 aromatic heterocycles. The molecule has 0 fully saturated rings. The predicted octanol–water partition coefficient (Wildman–Crippen LogP) is 4.37. The summed E-state index contributed by atoms with van der Waals surface area (Å²) in [5.41, 5.74) is 1.96. The summed E-state index contributed by atoms with van der Waals surface area (Å²) in [6, 6.07) is 22.4. The Morgan fingerprint density at radius 2 is 1.72 bits per heavy atom. The second-order valence-corrected chi connectivity index (χ2v) is 6.64. The van der Waals surface area contributed by atoms with Gasteiger partial charge in [-0.2, -0.15) is 0 Å². The maximum Gasteiger partial charge on any atom is 0.331 e. The molecule has 0 aliphatic carbocycles. The Kier molecular flexibility index (Phi) is 7.69. The number of esters is 1. The number of benzene rings is 3. The quantitative estimate of drug-likeness (QED) is 0.233. The van der Waals surface area contributed by atoms with Crippen molar-refractivity contribution in [3.05, 3.63) is 106 Å². The van der Waals surface area contributed by atoms with Gasteiger partial charge in [0, 0.05) is 23.9 Å². The number of nitrogens with one attached hydrogen (secondary N) is 1. The van der Waals surface area contributed by atoms with E-state index in [1.807, 2.05) is 30.3 Å². The van der Waals surface area contributed by atoms with E-state index < -0.39 is 23.4 Å². The number of carbonyl (C=O) groups excluding carboxylic acids is 2. The molecular weight excluding hydrogens is 412 g/mol. The summed E-state index contributed by atoms with van der Waals surface area (Å²) in [4.78, 5) is 34.0. The van der Waals surface area contributed by atoms with Crippen molar-refractivity contribution in [2.45, 2.75) is 6.61 Å². The highest BCUT2D eigenvalue weighted by Crippen LogP contribution is 2.17. The van der Waals surface area contributed by atoms with Crippen molar-refractivity contribution in [3.8, 4) is 5.75 Å². The summed E-state index contributed by atoms with van der Waals surface area (Å²) in [6.45, 7) is -0.0310. The predicted molar refractivity (Wildman–Crippen MR) is 119 cm³/mol. The van der Waals surface area contributed by atoms with Crippen LogP contribution in [0.3, 0.4) is 0 Å². The van der Waals surface area contributed by atoms with Crippen LogP contribution >= 0.6 is 0 Å². The molecule has 0 radical (unpaired) electrons. The molecule has 0 unspecified atom stereocenters. The summed E-state index contributed by atoms with van der Waals surface area (Å²) in [7, 11) is 0. The summed E-state index contributed by atoms with van der Waals surface area (Å²) in [5.74, 6) is -0.582. The van der Waals surface area contributed by atoms with Crippen LogP contribution in [0.4, 0.5) is 11.4 Å². The van der Waals surface area contributed by atoms with Crippen molar-refractivity contribution in [2.24, 2.45) is 0 Å². The molecule has 0 saturated carbocycles. The van der Waals surface area contributed by atoms with E-state index in [2.05, 4.69) is 5.32 Å². The molecule has 162 valence electrons. The Morgan fingerprint density at radius 3 is 2.44 bits per heavy atom. The summed E-state index contributed by atoms with van der Waals surface area (Å²) in [5, 5.41) is 13.4. The van der Waals surface area contributed by atoms with Crippen LogP contribution in [0.25, 0.3) is 6.08 Å². The average molecular weight is 432 g/mol. The Hall–Kier alpha value is -4.46. The number of rotatable bonds is 9. The minimum absolute atomic E-state index is 0.0867. The molecule has 0 aliphatic rings. The number of nitrogens with zero attached hydrogens (tertiary/aromatic N) is 1. The molecule has 0 bridgehead atoms. The van der Waals surface area contributed by atoms with E-state index in [0.717, 1.165) is 11.6 Å². The van der Waals surface area contributed by atoms with Gasteiger partial charge in [0.15, 0.2) is 6.61 Å². The van der Waals surface area contributed by atoms with Crippen LogP contribution in [0.5, 0.6) is 5.75 Å². The number of nitro benzene ring substituents is 1. The van der Waals surface area contributed by atoms with Crippen molar-refractivity contribution in [1.82, 2.24) is 0 Å². The van der Waals surface area contributed by atoms with Gasteiger partial charge in [0.1, 0.15) is 12.4 Å². The van der Waals surface area contributed by atoms with Crippen LogP contribution in [-0.2, 0) is 20.9 Å². The third-order valence-electron chi connectivity index (χ3n) is 4.22. The molecule has 3 aromatic carbocycles. The van der Waals surface area contributed by atoms with Crippen LogP contribution in [0.15, 0.2) is 84.9 Å². The van der Waals surface area contributed by atoms with Gasteiger partial charge in [-0.05, 0) is 41.5 Å². The molecule has 1 amide bonds. The molecule has 1 N–H and O–H groups in total. The topological polar surface area (TPSA) is 108 Å². The zero-order valence-corrected chi connectivity index (χ0v) is 17.0. The summed E-state index contributed by atoms with van der Waals surface area (Å²) in [6.07, 6.45) is 2.48. The van der Waals surface area contributed by atoms with Crippen LogP contribution in [0, 0.1) is 10.1 Å². The smallest absolute Gasteiger partial charge is 0.331 e. The number of amides is 1. The van der Waals surface area contributed by atoms with Gasteiger partial charge in [0.2, 0.25) is 0 Å². The lowest BCUT2D eigenvalue weighted by Crippen LogP contribution is -2.20. The third-order valence-corrected chi connectivity index (χ3v) is 4.22. The molecule has 0 atom stereocenters. The fourth-order valence-electron chi connectivity index (χ4n) is 2.66. The highest BCUT2D eigenvalue weighted by atomic mass is 16.6. The third kappa shape index (κ3) is 7.10. The van der Waals surface area contributed by atoms with Gasteiger partial charge in [0.25, 0.3) is 11.6 Å². The normalized spacial score (nSPS) is 10.5. The number of hydrogen-bond acceptors (Lipinski definition) is 6. The van der Waals surface area contributed by atoms with E-state index in [4.69, 9.17) is 9.47 Å². The van der Waals surface area contributed by atoms with Crippen molar-refractivity contribution in [2.75, 3.05) is 11.9 Å². The van der Waals surface area contributed by atoms with E-state index in [0.29, 0.717) is 23.6 Å². The molecule has 0 saturated heterocycles. The van der Waals surface area contributed by atoms with Crippen molar-refractivity contribution < 1.29 is 24.0 Å². The Bertz CT molecular complexity index is 1110. The summed E-state index contributed by atoms with van der Waals surface area (Å²) >= 11 is 0. The Labute approximate surface area is 184 Å². The van der Waals surface area contributed by atoms with Gasteiger partial charge in [-0.15, -0.1) is 0 Å². The lowest BCUT2D eigenvalue weighted by atomic mass is 10.2. The molecule has 32 heavy (non-hydrogen) atoms. The Morgan fingerprint density at radius 1 is 0.969 bits per heavy atom. The van der Waals surface area contributed by atoms with Gasteiger partial charge >= 0.3 is 5.97 Å². The highest BCUT2D eigenvalue weighted by molar-refractivity contribution is 5.94. The number of non-ortho nitro benzene ring substituents is 1. The van der Waals surface area contributed by atoms with Crippen LogP contribution < -0.4 is 10.1 Å². The SMILES string of the molecule is O=C(COC(=O)C=Cc1cccc([N+](=O)[O-])c1)Nc1ccc(OCc2ccccc2)cc1. The van der Waals surface area contributed by atoms with Gasteiger partial charge in [-0.1, -0.05) is 42.5 Å². The fourth-order valence-corrected chi connectivity index (χ4v) is 2.66. The van der Waals surface area contributed by atoms with Gasteiger partial charge in [-0.3, -0.25) is 14.9 Å². The number of nitro groups is 1. The summed E-state index contributed by atoms with van der Waals surface area (Å²) < 4.78 is 10.6. The second-order valence-electron chi connectivity index (χ2n) is 6.64. The molecule has 0 spiro atoms. The van der Waals surface area contributed by atoms with Gasteiger partial charge < -0.3 is 14.8 Å². The van der Waals surface area contributed by atoms with Gasteiger partial charge in [0.05, 0.1) is 4.92 Å². The van der Waals surface area contributed by atoms with Crippen molar-refractivity contribution in [1.29, 1.82) is 0 Å². The second kappa shape index (κ2) is 11.1. The number of carbonyl (C=O) groups is 2. The Balaban J connectivity index is 1.42. The maximum atomic E-state index is 12.0. The highest BCUT2D eigenvalue weighted by Gasteiger charge is 2.07. The van der Waals surface area contributed by atoms with Gasteiger partial charge in [-0.25, -0.2) is 4.79 Å². The largest absolute Gasteiger partial charge is 0.489 e. The molecule has 8 nitrogen and oxygen atoms in total. The lowest BCUT2D eigenvalue weighted by molar-refractivity contribution is -0.384. The maximum absolute atomic E-state index is 12.0. The average Bonchev–Trinajstić information content (AvgIpc) is 2.82. The fraction of sp³-hybridized carbons (Fsp3) is 0.0833. The van der Waals surface area contributed by atoms with Crippen LogP contribution in [-0.4, -0.2) is 23.4 Å². The van der Waals surface area contributed by atoms with Crippen molar-refractivity contribution in [3.63, 3.8) is 0 Å². The number of ether oxygens (including phenoxy) is 2. The van der Waals surface area contributed by atoms with Crippen molar-refractivity contribution >= 4 is 29.3 Å². The molecule has 0 aliphatic heterocycles. The zero-order valence-electron chi connectivity index (χ0n) is 17.0. The molecule has 8 heteroatoms. The lowest BCUT2D eigenvalue weighted by Gasteiger charge is -2.08. The molecular formula is C24H20N2O6. The molecule has 3 rings (SSSR count). The van der Waals surface area contributed by atoms with Crippen LogP contribution in [0.2, 0.25) is 0 Å².